The molecule has 0 spiro atoms. The van der Waals surface area contributed by atoms with Crippen molar-refractivity contribution in [1.82, 2.24) is 0 Å². The number of methoxy groups -OCH3 is 1. The molecule has 2 rings (SSSR count). The van der Waals surface area contributed by atoms with Crippen molar-refractivity contribution in [3.05, 3.63) is 65.5 Å². The van der Waals surface area contributed by atoms with E-state index in [2.05, 4.69) is 6.92 Å². The van der Waals surface area contributed by atoms with Crippen molar-refractivity contribution < 1.29 is 9.13 Å². The Morgan fingerprint density at radius 2 is 1.65 bits per heavy atom. The average molecular weight is 273 g/mol. The number of benzene rings is 2. The summed E-state index contributed by atoms with van der Waals surface area (Å²) in [4.78, 5) is 0. The summed E-state index contributed by atoms with van der Waals surface area (Å²) in [5.41, 5.74) is 8.04. The van der Waals surface area contributed by atoms with E-state index < -0.39 is 0 Å². The zero-order valence-corrected chi connectivity index (χ0v) is 11.9. The lowest BCUT2D eigenvalue weighted by Crippen LogP contribution is -2.34. The Morgan fingerprint density at radius 3 is 2.15 bits per heavy atom. The van der Waals surface area contributed by atoms with Gasteiger partial charge in [-0.3, -0.25) is 0 Å². The van der Waals surface area contributed by atoms with E-state index in [4.69, 9.17) is 10.5 Å². The van der Waals surface area contributed by atoms with E-state index in [9.17, 15) is 4.39 Å². The molecule has 0 heterocycles. The first-order chi connectivity index (χ1) is 9.57. The second kappa shape index (κ2) is 6.06. The summed E-state index contributed by atoms with van der Waals surface area (Å²) in [5, 5.41) is 0. The van der Waals surface area contributed by atoms with Gasteiger partial charge in [-0.2, -0.15) is 0 Å². The minimum absolute atomic E-state index is 0.176. The number of hydrogen-bond donors (Lipinski definition) is 1. The van der Waals surface area contributed by atoms with Crippen molar-refractivity contribution in [2.45, 2.75) is 18.8 Å². The highest BCUT2D eigenvalue weighted by Gasteiger charge is 2.25. The standard InChI is InChI=1S/C17H20FNO/c1-17(12-19,11-13-3-7-15(18)8-4-13)14-5-9-16(20-2)10-6-14/h3-10H,11-12,19H2,1-2H3. The van der Waals surface area contributed by atoms with E-state index in [0.717, 1.165) is 23.3 Å². The molecule has 0 aliphatic rings. The fraction of sp³-hybridized carbons (Fsp3) is 0.294. The van der Waals surface area contributed by atoms with Crippen LogP contribution in [0.1, 0.15) is 18.1 Å². The third kappa shape index (κ3) is 3.17. The Labute approximate surface area is 119 Å². The predicted molar refractivity (Wildman–Crippen MR) is 79.5 cm³/mol. The molecule has 1 unspecified atom stereocenters. The number of rotatable bonds is 5. The summed E-state index contributed by atoms with van der Waals surface area (Å²) >= 11 is 0. The van der Waals surface area contributed by atoms with Crippen molar-refractivity contribution in [3.63, 3.8) is 0 Å². The van der Waals surface area contributed by atoms with Gasteiger partial charge in [0.1, 0.15) is 11.6 Å². The van der Waals surface area contributed by atoms with Gasteiger partial charge in [-0.25, -0.2) is 4.39 Å². The molecule has 2 nitrogen and oxygen atoms in total. The molecule has 0 fully saturated rings. The number of ether oxygens (including phenoxy) is 1. The normalized spacial score (nSPS) is 13.8. The van der Waals surface area contributed by atoms with Crippen LogP contribution in [0.5, 0.6) is 5.75 Å². The van der Waals surface area contributed by atoms with Crippen LogP contribution in [0.25, 0.3) is 0 Å². The molecule has 1 atom stereocenters. The molecular formula is C17H20FNO. The topological polar surface area (TPSA) is 35.2 Å². The van der Waals surface area contributed by atoms with Crippen LogP contribution in [0.2, 0.25) is 0 Å². The van der Waals surface area contributed by atoms with Gasteiger partial charge < -0.3 is 10.5 Å². The molecule has 0 saturated heterocycles. The first-order valence-electron chi connectivity index (χ1n) is 6.66. The largest absolute Gasteiger partial charge is 0.497 e. The molecule has 0 radical (unpaired) electrons. The lowest BCUT2D eigenvalue weighted by molar-refractivity contribution is 0.413. The van der Waals surface area contributed by atoms with Crippen LogP contribution >= 0.6 is 0 Å². The molecule has 0 aliphatic heterocycles. The maximum atomic E-state index is 13.0. The first kappa shape index (κ1) is 14.5. The molecule has 20 heavy (non-hydrogen) atoms. The fourth-order valence-corrected chi connectivity index (χ4v) is 2.34. The summed E-state index contributed by atoms with van der Waals surface area (Å²) in [7, 11) is 1.65. The summed E-state index contributed by atoms with van der Waals surface area (Å²) in [6.45, 7) is 2.65. The highest BCUT2D eigenvalue weighted by Crippen LogP contribution is 2.28. The van der Waals surface area contributed by atoms with Crippen LogP contribution in [0.3, 0.4) is 0 Å². The molecule has 2 N–H and O–H groups in total. The zero-order chi connectivity index (χ0) is 14.6. The first-order valence-corrected chi connectivity index (χ1v) is 6.66. The van der Waals surface area contributed by atoms with Crippen molar-refractivity contribution in [1.29, 1.82) is 0 Å². The average Bonchev–Trinajstić information content (AvgIpc) is 2.49. The lowest BCUT2D eigenvalue weighted by atomic mass is 9.77. The second-order valence-electron chi connectivity index (χ2n) is 5.30. The number of halogens is 1. The van der Waals surface area contributed by atoms with Crippen molar-refractivity contribution in [2.24, 2.45) is 5.73 Å². The fourth-order valence-electron chi connectivity index (χ4n) is 2.34. The number of hydrogen-bond acceptors (Lipinski definition) is 2. The summed E-state index contributed by atoms with van der Waals surface area (Å²) in [5.74, 6) is 0.613. The van der Waals surface area contributed by atoms with E-state index in [1.54, 1.807) is 7.11 Å². The maximum absolute atomic E-state index is 13.0. The zero-order valence-electron chi connectivity index (χ0n) is 11.9. The molecule has 3 heteroatoms. The highest BCUT2D eigenvalue weighted by molar-refractivity contribution is 5.34. The van der Waals surface area contributed by atoms with Crippen molar-refractivity contribution in [2.75, 3.05) is 13.7 Å². The van der Waals surface area contributed by atoms with E-state index >= 15 is 0 Å². The Bertz CT molecular complexity index is 550. The van der Waals surface area contributed by atoms with E-state index in [1.807, 2.05) is 36.4 Å². The molecule has 2 aromatic rings. The van der Waals surface area contributed by atoms with Gasteiger partial charge in [0.25, 0.3) is 0 Å². The third-order valence-corrected chi connectivity index (χ3v) is 3.75. The highest BCUT2D eigenvalue weighted by atomic mass is 19.1. The smallest absolute Gasteiger partial charge is 0.123 e. The van der Waals surface area contributed by atoms with Crippen LogP contribution in [-0.4, -0.2) is 13.7 Å². The SMILES string of the molecule is COc1ccc(C(C)(CN)Cc2ccc(F)cc2)cc1. The molecular weight excluding hydrogens is 253 g/mol. The van der Waals surface area contributed by atoms with E-state index in [1.165, 1.54) is 12.1 Å². The lowest BCUT2D eigenvalue weighted by Gasteiger charge is -2.29. The van der Waals surface area contributed by atoms with Gasteiger partial charge in [0.05, 0.1) is 7.11 Å². The summed E-state index contributed by atoms with van der Waals surface area (Å²) in [6, 6.07) is 14.5. The minimum atomic E-state index is -0.215. The van der Waals surface area contributed by atoms with Gasteiger partial charge in [0.15, 0.2) is 0 Å². The van der Waals surface area contributed by atoms with Crippen LogP contribution in [-0.2, 0) is 11.8 Å². The van der Waals surface area contributed by atoms with Gasteiger partial charge in [0.2, 0.25) is 0 Å². The molecule has 0 bridgehead atoms. The summed E-state index contributed by atoms with van der Waals surface area (Å²) < 4.78 is 18.1. The molecule has 0 amide bonds. The van der Waals surface area contributed by atoms with Gasteiger partial charge in [-0.15, -0.1) is 0 Å². The number of nitrogens with two attached hydrogens (primary N) is 1. The monoisotopic (exact) mass is 273 g/mol. The predicted octanol–water partition coefficient (Wildman–Crippen LogP) is 3.29. The Kier molecular flexibility index (Phi) is 4.40. The van der Waals surface area contributed by atoms with Crippen molar-refractivity contribution in [3.8, 4) is 5.75 Å². The molecule has 0 saturated carbocycles. The minimum Gasteiger partial charge on any atom is -0.497 e. The third-order valence-electron chi connectivity index (χ3n) is 3.75. The Morgan fingerprint density at radius 1 is 1.05 bits per heavy atom. The molecule has 0 aromatic heterocycles. The maximum Gasteiger partial charge on any atom is 0.123 e. The quantitative estimate of drug-likeness (QED) is 0.907. The Balaban J connectivity index is 2.25. The summed E-state index contributed by atoms with van der Waals surface area (Å²) in [6.07, 6.45) is 0.774. The molecule has 106 valence electrons. The van der Waals surface area contributed by atoms with Gasteiger partial charge in [0, 0.05) is 12.0 Å². The van der Waals surface area contributed by atoms with Gasteiger partial charge in [-0.05, 0) is 41.8 Å². The van der Waals surface area contributed by atoms with Crippen LogP contribution in [0.15, 0.2) is 48.5 Å². The van der Waals surface area contributed by atoms with Crippen molar-refractivity contribution >= 4 is 0 Å². The molecule has 0 aliphatic carbocycles. The second-order valence-corrected chi connectivity index (χ2v) is 5.30. The van der Waals surface area contributed by atoms with Gasteiger partial charge >= 0.3 is 0 Å². The van der Waals surface area contributed by atoms with Crippen LogP contribution < -0.4 is 10.5 Å². The molecule has 2 aromatic carbocycles. The Hall–Kier alpha value is -1.87. The van der Waals surface area contributed by atoms with Crippen LogP contribution in [0.4, 0.5) is 4.39 Å². The van der Waals surface area contributed by atoms with E-state index in [-0.39, 0.29) is 11.2 Å². The van der Waals surface area contributed by atoms with E-state index in [0.29, 0.717) is 6.54 Å². The van der Waals surface area contributed by atoms with Gasteiger partial charge in [-0.1, -0.05) is 31.2 Å². The van der Waals surface area contributed by atoms with Crippen LogP contribution in [0, 0.1) is 5.82 Å².